The minimum Gasteiger partial charge on any atom is -0.329 e. The molecule has 0 aliphatic carbocycles. The average molecular weight is 293 g/mol. The van der Waals surface area contributed by atoms with Gasteiger partial charge in [-0.2, -0.15) is 0 Å². The molecular formula is C14H23N5O2. The maximum Gasteiger partial charge on any atom is 0.332 e. The van der Waals surface area contributed by atoms with E-state index in [0.717, 1.165) is 5.82 Å². The Bertz CT molecular complexity index is 789. The molecule has 7 heteroatoms. The third-order valence-corrected chi connectivity index (χ3v) is 3.58. The van der Waals surface area contributed by atoms with Gasteiger partial charge in [-0.05, 0) is 6.92 Å². The second-order valence-corrected chi connectivity index (χ2v) is 6.19. The Labute approximate surface area is 123 Å². The first-order valence-corrected chi connectivity index (χ1v) is 7.14. The highest BCUT2D eigenvalue weighted by Gasteiger charge is 2.25. The van der Waals surface area contributed by atoms with Crippen molar-refractivity contribution < 1.29 is 0 Å². The molecule has 0 aliphatic rings. The lowest BCUT2D eigenvalue weighted by Crippen LogP contribution is -2.41. The molecule has 0 spiro atoms. The summed E-state index contributed by atoms with van der Waals surface area (Å²) in [6.45, 7) is 8.87. The highest BCUT2D eigenvalue weighted by atomic mass is 16.2. The van der Waals surface area contributed by atoms with Gasteiger partial charge in [0.1, 0.15) is 5.82 Å². The van der Waals surface area contributed by atoms with Crippen molar-refractivity contribution in [3.8, 4) is 0 Å². The predicted molar refractivity (Wildman–Crippen MR) is 82.7 cm³/mol. The number of imidazole rings is 1. The normalized spacial score (nSPS) is 12.3. The lowest BCUT2D eigenvalue weighted by Gasteiger charge is -2.17. The molecular weight excluding hydrogens is 270 g/mol. The summed E-state index contributed by atoms with van der Waals surface area (Å²) in [5.41, 5.74) is 5.54. The minimum atomic E-state index is -0.348. The number of nitrogens with zero attached hydrogens (tertiary/aromatic N) is 4. The van der Waals surface area contributed by atoms with Gasteiger partial charge in [0.05, 0.1) is 0 Å². The number of hydrogen-bond donors (Lipinski definition) is 1. The zero-order chi connectivity index (χ0) is 15.9. The Balaban J connectivity index is 3.00. The van der Waals surface area contributed by atoms with E-state index < -0.39 is 0 Å². The highest BCUT2D eigenvalue weighted by Crippen LogP contribution is 2.23. The van der Waals surface area contributed by atoms with Crippen LogP contribution in [0, 0.1) is 0 Å². The molecule has 0 aromatic carbocycles. The van der Waals surface area contributed by atoms with Gasteiger partial charge in [0.2, 0.25) is 0 Å². The zero-order valence-electron chi connectivity index (χ0n) is 13.3. The van der Waals surface area contributed by atoms with Crippen molar-refractivity contribution in [3.63, 3.8) is 0 Å². The van der Waals surface area contributed by atoms with Crippen LogP contribution >= 0.6 is 0 Å². The Morgan fingerprint density at radius 3 is 2.29 bits per heavy atom. The van der Waals surface area contributed by atoms with Gasteiger partial charge in [0.25, 0.3) is 5.56 Å². The number of aromatic nitrogens is 4. The van der Waals surface area contributed by atoms with Crippen LogP contribution in [-0.2, 0) is 25.6 Å². The van der Waals surface area contributed by atoms with Crippen LogP contribution in [0.15, 0.2) is 9.59 Å². The molecule has 21 heavy (non-hydrogen) atoms. The second kappa shape index (κ2) is 5.14. The van der Waals surface area contributed by atoms with Crippen molar-refractivity contribution in [1.82, 2.24) is 18.7 Å². The van der Waals surface area contributed by atoms with Gasteiger partial charge >= 0.3 is 5.69 Å². The van der Waals surface area contributed by atoms with Crippen LogP contribution < -0.4 is 17.0 Å². The average Bonchev–Trinajstić information content (AvgIpc) is 2.73. The number of nitrogens with two attached hydrogens (primary N) is 1. The number of fused-ring (bicyclic) bond motifs is 1. The van der Waals surface area contributed by atoms with Gasteiger partial charge in [-0.25, -0.2) is 9.78 Å². The van der Waals surface area contributed by atoms with Crippen LogP contribution in [0.5, 0.6) is 0 Å². The van der Waals surface area contributed by atoms with Crippen molar-refractivity contribution in [2.45, 2.75) is 46.2 Å². The van der Waals surface area contributed by atoms with E-state index in [9.17, 15) is 9.59 Å². The van der Waals surface area contributed by atoms with Gasteiger partial charge in [0.15, 0.2) is 11.2 Å². The third-order valence-electron chi connectivity index (χ3n) is 3.58. The summed E-state index contributed by atoms with van der Waals surface area (Å²) >= 11 is 0. The largest absolute Gasteiger partial charge is 0.332 e. The van der Waals surface area contributed by atoms with Crippen molar-refractivity contribution >= 4 is 11.2 Å². The fraction of sp³-hybridized carbons (Fsp3) is 0.643. The molecule has 2 N–H and O–H groups in total. The summed E-state index contributed by atoms with van der Waals surface area (Å²) in [6, 6.07) is 0. The number of hydrogen-bond acceptors (Lipinski definition) is 4. The monoisotopic (exact) mass is 293 g/mol. The highest BCUT2D eigenvalue weighted by molar-refractivity contribution is 5.71. The topological polar surface area (TPSA) is 87.8 Å². The Morgan fingerprint density at radius 1 is 1.19 bits per heavy atom. The molecule has 2 heterocycles. The van der Waals surface area contributed by atoms with E-state index in [1.807, 2.05) is 34.7 Å². The predicted octanol–water partition coefficient (Wildman–Crippen LogP) is 0.173. The molecule has 0 amide bonds. The molecule has 0 saturated heterocycles. The van der Waals surface area contributed by atoms with E-state index in [-0.39, 0.29) is 29.8 Å². The van der Waals surface area contributed by atoms with E-state index in [0.29, 0.717) is 17.7 Å². The number of rotatable bonds is 3. The molecule has 116 valence electrons. The summed E-state index contributed by atoms with van der Waals surface area (Å²) < 4.78 is 4.51. The molecule has 0 atom stereocenters. The fourth-order valence-corrected chi connectivity index (χ4v) is 2.64. The number of aryl methyl sites for hydroxylation is 2. The van der Waals surface area contributed by atoms with E-state index in [2.05, 4.69) is 4.98 Å². The van der Waals surface area contributed by atoms with Gasteiger partial charge < -0.3 is 10.3 Å². The first kappa shape index (κ1) is 15.5. The van der Waals surface area contributed by atoms with Gasteiger partial charge in [-0.15, -0.1) is 0 Å². The minimum absolute atomic E-state index is 0.212. The molecule has 0 unspecified atom stereocenters. The quantitative estimate of drug-likeness (QED) is 0.874. The Hall–Kier alpha value is -1.89. The Kier molecular flexibility index (Phi) is 3.79. The van der Waals surface area contributed by atoms with Gasteiger partial charge in [-0.1, -0.05) is 20.8 Å². The standard InChI is InChI=1S/C14H23N5O2/c1-6-18-10-9(11(20)19(8-7-15)13(18)21)17(5)12(16-10)14(2,3)4/h6-8,15H2,1-5H3. The molecule has 2 aromatic heterocycles. The van der Waals surface area contributed by atoms with Crippen LogP contribution in [0.1, 0.15) is 33.5 Å². The maximum absolute atomic E-state index is 12.6. The lowest BCUT2D eigenvalue weighted by molar-refractivity contribution is 0.526. The molecule has 0 aliphatic heterocycles. The lowest BCUT2D eigenvalue weighted by atomic mass is 9.96. The van der Waals surface area contributed by atoms with E-state index >= 15 is 0 Å². The molecule has 0 fully saturated rings. The molecule has 0 saturated carbocycles. The molecule has 7 nitrogen and oxygen atoms in total. The van der Waals surface area contributed by atoms with Crippen molar-refractivity contribution in [2.75, 3.05) is 6.54 Å². The van der Waals surface area contributed by atoms with Crippen LogP contribution in [0.25, 0.3) is 11.2 Å². The van der Waals surface area contributed by atoms with Crippen molar-refractivity contribution in [2.24, 2.45) is 12.8 Å². The van der Waals surface area contributed by atoms with Crippen LogP contribution in [0.3, 0.4) is 0 Å². The summed E-state index contributed by atoms with van der Waals surface area (Å²) in [7, 11) is 1.81. The van der Waals surface area contributed by atoms with Gasteiger partial charge in [-0.3, -0.25) is 13.9 Å². The molecule has 0 bridgehead atoms. The van der Waals surface area contributed by atoms with E-state index in [1.54, 1.807) is 4.57 Å². The SMILES string of the molecule is CCn1c(=O)n(CCN)c(=O)c2c1nc(C(C)(C)C)n2C. The summed E-state index contributed by atoms with van der Waals surface area (Å²) in [6.07, 6.45) is 0. The van der Waals surface area contributed by atoms with Crippen LogP contribution in [0.2, 0.25) is 0 Å². The van der Waals surface area contributed by atoms with Crippen molar-refractivity contribution in [3.05, 3.63) is 26.7 Å². The fourth-order valence-electron chi connectivity index (χ4n) is 2.64. The summed E-state index contributed by atoms with van der Waals surface area (Å²) in [5, 5.41) is 0. The Morgan fingerprint density at radius 2 is 1.81 bits per heavy atom. The first-order chi connectivity index (χ1) is 9.73. The van der Waals surface area contributed by atoms with Crippen LogP contribution in [-0.4, -0.2) is 25.2 Å². The summed E-state index contributed by atoms with van der Waals surface area (Å²) in [4.78, 5) is 29.6. The van der Waals surface area contributed by atoms with E-state index in [4.69, 9.17) is 5.73 Å². The smallest absolute Gasteiger partial charge is 0.329 e. The second-order valence-electron chi connectivity index (χ2n) is 6.19. The maximum atomic E-state index is 12.6. The third kappa shape index (κ3) is 2.31. The molecule has 2 rings (SSSR count). The summed E-state index contributed by atoms with van der Waals surface area (Å²) in [5.74, 6) is 0.779. The first-order valence-electron chi connectivity index (χ1n) is 7.14. The molecule has 2 aromatic rings. The molecule has 0 radical (unpaired) electrons. The van der Waals surface area contributed by atoms with Gasteiger partial charge in [0, 0.05) is 32.1 Å². The van der Waals surface area contributed by atoms with Crippen LogP contribution in [0.4, 0.5) is 0 Å². The van der Waals surface area contributed by atoms with Crippen molar-refractivity contribution in [1.29, 1.82) is 0 Å². The zero-order valence-corrected chi connectivity index (χ0v) is 13.3. The van der Waals surface area contributed by atoms with E-state index in [1.165, 1.54) is 9.13 Å².